The molecule has 0 aliphatic carbocycles. The van der Waals surface area contributed by atoms with Gasteiger partial charge in [0.25, 0.3) is 0 Å². The summed E-state index contributed by atoms with van der Waals surface area (Å²) in [4.78, 5) is 19.3. The summed E-state index contributed by atoms with van der Waals surface area (Å²) in [5, 5.41) is 0. The fourth-order valence-corrected chi connectivity index (χ4v) is 7.26. The zero-order valence-electron chi connectivity index (χ0n) is 19.3. The number of benzene rings is 2. The number of hydrogen-bond acceptors (Lipinski definition) is 6. The van der Waals surface area contributed by atoms with E-state index >= 15 is 0 Å². The molecule has 0 spiro atoms. The number of piperidine rings is 1. The summed E-state index contributed by atoms with van der Waals surface area (Å²) in [6.45, 7) is 3.95. The molecule has 34 heavy (non-hydrogen) atoms. The number of thioether (sulfide) groups is 1. The number of nitrogens with zero attached hydrogens (tertiary/aromatic N) is 2. The first-order chi connectivity index (χ1) is 16.3. The topological polar surface area (TPSA) is 69.7 Å². The van der Waals surface area contributed by atoms with Gasteiger partial charge in [-0.3, -0.25) is 9.52 Å². The molecule has 182 valence electrons. The Labute approximate surface area is 204 Å². The Balaban J connectivity index is 1.22. The minimum Gasteiger partial charge on any atom is -0.367 e. The summed E-state index contributed by atoms with van der Waals surface area (Å²) in [6, 6.07) is 10.9. The molecule has 0 radical (unpaired) electrons. The molecular weight excluding hydrogens is 473 g/mol. The Bertz CT molecular complexity index is 1200. The molecule has 1 fully saturated rings. The van der Waals surface area contributed by atoms with Crippen molar-refractivity contribution in [2.24, 2.45) is 0 Å². The van der Waals surface area contributed by atoms with E-state index in [1.54, 1.807) is 0 Å². The molecule has 1 N–H and O–H groups in total. The first-order valence-electron chi connectivity index (χ1n) is 11.9. The highest BCUT2D eigenvalue weighted by molar-refractivity contribution is 7.99. The molecule has 9 heteroatoms. The number of ketones is 1. The molecule has 2 atom stereocenters. The van der Waals surface area contributed by atoms with Gasteiger partial charge in [0, 0.05) is 48.5 Å². The van der Waals surface area contributed by atoms with Crippen LogP contribution in [0.2, 0.25) is 0 Å². The number of sulfonamides is 1. The van der Waals surface area contributed by atoms with Gasteiger partial charge in [0.2, 0.25) is 10.0 Å². The van der Waals surface area contributed by atoms with Crippen molar-refractivity contribution in [1.29, 1.82) is 0 Å². The van der Waals surface area contributed by atoms with Gasteiger partial charge >= 0.3 is 0 Å². The van der Waals surface area contributed by atoms with E-state index in [0.717, 1.165) is 44.9 Å². The predicted molar refractivity (Wildman–Crippen MR) is 135 cm³/mol. The van der Waals surface area contributed by atoms with Crippen LogP contribution in [0.15, 0.2) is 41.3 Å². The minimum atomic E-state index is -3.61. The minimum absolute atomic E-state index is 0.00563. The lowest BCUT2D eigenvalue weighted by Gasteiger charge is -2.39. The van der Waals surface area contributed by atoms with Crippen LogP contribution >= 0.6 is 11.8 Å². The van der Waals surface area contributed by atoms with Crippen LogP contribution in [0.3, 0.4) is 0 Å². The van der Waals surface area contributed by atoms with Gasteiger partial charge < -0.3 is 9.80 Å². The summed E-state index contributed by atoms with van der Waals surface area (Å²) in [5.41, 5.74) is 3.15. The monoisotopic (exact) mass is 503 g/mol. The zero-order chi connectivity index (χ0) is 23.9. The zero-order valence-corrected chi connectivity index (χ0v) is 20.9. The number of nitrogens with one attached hydrogen (secondary N) is 1. The van der Waals surface area contributed by atoms with Crippen molar-refractivity contribution in [2.75, 3.05) is 47.8 Å². The predicted octanol–water partition coefficient (Wildman–Crippen LogP) is 4.33. The third-order valence-corrected chi connectivity index (χ3v) is 8.76. The quantitative estimate of drug-likeness (QED) is 0.567. The van der Waals surface area contributed by atoms with Gasteiger partial charge in [-0.05, 0) is 61.4 Å². The number of hydrogen-bond donors (Lipinski definition) is 1. The van der Waals surface area contributed by atoms with Gasteiger partial charge in [-0.1, -0.05) is 12.1 Å². The molecule has 6 nitrogen and oxygen atoms in total. The number of halogens is 1. The Morgan fingerprint density at radius 1 is 1.24 bits per heavy atom. The Kier molecular flexibility index (Phi) is 6.61. The maximum absolute atomic E-state index is 13.6. The van der Waals surface area contributed by atoms with E-state index in [0.29, 0.717) is 18.4 Å². The van der Waals surface area contributed by atoms with Crippen LogP contribution in [-0.2, 0) is 10.0 Å². The number of likely N-dealkylation sites (tertiary alicyclic amines) is 1. The van der Waals surface area contributed by atoms with Crippen LogP contribution < -0.4 is 9.62 Å². The molecule has 1 saturated heterocycles. The largest absolute Gasteiger partial charge is 0.367 e. The Morgan fingerprint density at radius 3 is 2.91 bits per heavy atom. The van der Waals surface area contributed by atoms with Crippen molar-refractivity contribution in [3.63, 3.8) is 0 Å². The van der Waals surface area contributed by atoms with E-state index in [1.807, 2.05) is 11.8 Å². The average molecular weight is 504 g/mol. The van der Waals surface area contributed by atoms with Crippen LogP contribution in [0, 0.1) is 5.82 Å². The molecule has 0 amide bonds. The number of carbonyl (C=O) groups is 1. The standard InChI is InChI=1S/C25H30FN3O3S2/c1-34(31,32)27-21-15-17(26)8-9-19(21)23(30)6-3-11-28-13-10-22-20(16-28)18-5-2-7-24-25(18)29(22)12-4-14-33-24/h2,5,7-9,15,20,22,27H,3-4,6,10-14,16H2,1H3/t20?,22-/m0/s1. The molecule has 0 bridgehead atoms. The maximum atomic E-state index is 13.6. The smallest absolute Gasteiger partial charge is 0.229 e. The molecule has 3 aliphatic rings. The number of anilines is 2. The van der Waals surface area contributed by atoms with Gasteiger partial charge in [0.15, 0.2) is 5.78 Å². The van der Waals surface area contributed by atoms with Gasteiger partial charge in [-0.25, -0.2) is 12.8 Å². The summed E-state index contributed by atoms with van der Waals surface area (Å²) < 4.78 is 39.1. The van der Waals surface area contributed by atoms with E-state index in [9.17, 15) is 17.6 Å². The number of rotatable bonds is 7. The highest BCUT2D eigenvalue weighted by Gasteiger charge is 2.43. The lowest BCUT2D eigenvalue weighted by atomic mass is 9.89. The van der Waals surface area contributed by atoms with Crippen LogP contribution in [0.5, 0.6) is 0 Å². The van der Waals surface area contributed by atoms with Crippen LogP contribution in [0.4, 0.5) is 15.8 Å². The van der Waals surface area contributed by atoms with Crippen molar-refractivity contribution in [3.8, 4) is 0 Å². The fraction of sp³-hybridized carbons (Fsp3) is 0.480. The Morgan fingerprint density at radius 2 is 2.09 bits per heavy atom. The molecule has 0 aromatic heterocycles. The number of fused-ring (bicyclic) bond motifs is 3. The number of Topliss-reactive ketones (excluding diaryl/α,β-unsaturated/α-hetero) is 1. The van der Waals surface area contributed by atoms with E-state index in [4.69, 9.17) is 0 Å². The first-order valence-corrected chi connectivity index (χ1v) is 14.7. The molecule has 5 rings (SSSR count). The highest BCUT2D eigenvalue weighted by Crippen LogP contribution is 2.50. The average Bonchev–Trinajstić information content (AvgIpc) is 2.93. The second-order valence-electron chi connectivity index (χ2n) is 9.44. The maximum Gasteiger partial charge on any atom is 0.229 e. The van der Waals surface area contributed by atoms with Crippen molar-refractivity contribution >= 4 is 38.9 Å². The first kappa shape index (κ1) is 23.6. The summed E-state index contributed by atoms with van der Waals surface area (Å²) >= 11 is 1.97. The molecular formula is C25H30FN3O3S2. The van der Waals surface area contributed by atoms with Gasteiger partial charge in [0.05, 0.1) is 17.6 Å². The third kappa shape index (κ3) is 4.83. The Hall–Kier alpha value is -2.10. The van der Waals surface area contributed by atoms with Crippen LogP contribution in [0.25, 0.3) is 0 Å². The van der Waals surface area contributed by atoms with Gasteiger partial charge in [-0.15, -0.1) is 11.8 Å². The second-order valence-corrected chi connectivity index (χ2v) is 12.3. The van der Waals surface area contributed by atoms with Crippen molar-refractivity contribution in [3.05, 3.63) is 53.3 Å². The van der Waals surface area contributed by atoms with E-state index < -0.39 is 15.8 Å². The molecule has 2 aromatic rings. The number of para-hydroxylation sites is 1. The molecule has 3 aliphatic heterocycles. The molecule has 0 saturated carbocycles. The van der Waals surface area contributed by atoms with E-state index in [-0.39, 0.29) is 23.5 Å². The summed E-state index contributed by atoms with van der Waals surface area (Å²) in [5.74, 6) is 0.917. The van der Waals surface area contributed by atoms with Crippen LogP contribution in [-0.4, -0.2) is 63.3 Å². The number of carbonyl (C=O) groups excluding carboxylic acids is 1. The van der Waals surface area contributed by atoms with E-state index in [2.05, 4.69) is 32.7 Å². The fourth-order valence-electron chi connectivity index (χ4n) is 5.65. The van der Waals surface area contributed by atoms with Crippen molar-refractivity contribution in [2.45, 2.75) is 42.5 Å². The third-order valence-electron chi connectivity index (χ3n) is 7.03. The highest BCUT2D eigenvalue weighted by atomic mass is 32.2. The van der Waals surface area contributed by atoms with Gasteiger partial charge in [-0.2, -0.15) is 0 Å². The SMILES string of the molecule is CS(=O)(=O)Nc1cc(F)ccc1C(=O)CCCN1CC[C@H]2C(C1)c1cccc3c1N2CCCS3. The van der Waals surface area contributed by atoms with Crippen molar-refractivity contribution < 1.29 is 17.6 Å². The van der Waals surface area contributed by atoms with Crippen LogP contribution in [0.1, 0.15) is 47.5 Å². The summed E-state index contributed by atoms with van der Waals surface area (Å²) in [7, 11) is -3.61. The summed E-state index contributed by atoms with van der Waals surface area (Å²) in [6.07, 6.45) is 4.30. The normalized spacial score (nSPS) is 22.1. The second kappa shape index (κ2) is 9.51. The van der Waals surface area contributed by atoms with Gasteiger partial charge in [0.1, 0.15) is 5.82 Å². The molecule has 1 unspecified atom stereocenters. The molecule has 3 heterocycles. The molecule has 2 aromatic carbocycles. The lowest BCUT2D eigenvalue weighted by molar-refractivity contribution is 0.0972. The van der Waals surface area contributed by atoms with Crippen molar-refractivity contribution in [1.82, 2.24) is 4.90 Å². The van der Waals surface area contributed by atoms with E-state index in [1.165, 1.54) is 40.5 Å². The lowest BCUT2D eigenvalue weighted by Crippen LogP contribution is -2.46.